The van der Waals surface area contributed by atoms with Gasteiger partial charge in [0.1, 0.15) is 5.00 Å². The van der Waals surface area contributed by atoms with Crippen LogP contribution < -0.4 is 10.2 Å². The van der Waals surface area contributed by atoms with Gasteiger partial charge >= 0.3 is 5.97 Å². The van der Waals surface area contributed by atoms with E-state index in [0.717, 1.165) is 63.2 Å². The molecule has 154 valence electrons. The van der Waals surface area contributed by atoms with E-state index in [0.29, 0.717) is 22.7 Å². The average molecular weight is 415 g/mol. The molecule has 4 rings (SSSR count). The predicted octanol–water partition coefficient (Wildman–Crippen LogP) is 3.89. The molecule has 1 fully saturated rings. The van der Waals surface area contributed by atoms with Crippen LogP contribution in [0.1, 0.15) is 50.9 Å². The standard InChI is InChI=1S/C22H26N2O4S/c1-2-28-22(26)19-17-5-3-4-6-18(17)29-21(19)23-20(25)15-7-9-16(10-8-15)24-11-13-27-14-12-24/h7-10H,2-6,11-14H2,1H3,(H,23,25). The molecule has 0 atom stereocenters. The molecule has 1 aromatic heterocycles. The minimum atomic E-state index is -0.343. The summed E-state index contributed by atoms with van der Waals surface area (Å²) in [6, 6.07) is 7.59. The zero-order valence-corrected chi connectivity index (χ0v) is 17.5. The van der Waals surface area contributed by atoms with Crippen molar-refractivity contribution in [1.82, 2.24) is 0 Å². The highest BCUT2D eigenvalue weighted by Gasteiger charge is 2.27. The lowest BCUT2D eigenvalue weighted by atomic mass is 9.95. The van der Waals surface area contributed by atoms with Crippen LogP contribution in [0.15, 0.2) is 24.3 Å². The van der Waals surface area contributed by atoms with E-state index in [4.69, 9.17) is 9.47 Å². The second-order valence-electron chi connectivity index (χ2n) is 7.24. The van der Waals surface area contributed by atoms with Crippen molar-refractivity contribution in [3.63, 3.8) is 0 Å². The summed E-state index contributed by atoms with van der Waals surface area (Å²) in [5.74, 6) is -0.549. The summed E-state index contributed by atoms with van der Waals surface area (Å²) in [6.07, 6.45) is 4.00. The number of ether oxygens (including phenoxy) is 2. The van der Waals surface area contributed by atoms with Gasteiger partial charge in [-0.2, -0.15) is 0 Å². The number of fused-ring (bicyclic) bond motifs is 1. The van der Waals surface area contributed by atoms with E-state index in [1.807, 2.05) is 24.3 Å². The summed E-state index contributed by atoms with van der Waals surface area (Å²) in [6.45, 7) is 5.28. The normalized spacial score (nSPS) is 16.2. The Kier molecular flexibility index (Phi) is 6.16. The molecule has 2 aliphatic rings. The molecule has 0 spiro atoms. The van der Waals surface area contributed by atoms with E-state index < -0.39 is 0 Å². The molecular formula is C22H26N2O4S. The van der Waals surface area contributed by atoms with Gasteiger partial charge in [0.25, 0.3) is 5.91 Å². The molecule has 0 bridgehead atoms. The van der Waals surface area contributed by atoms with Crippen LogP contribution in [-0.4, -0.2) is 44.8 Å². The first-order valence-corrected chi connectivity index (χ1v) is 11.0. The first-order chi connectivity index (χ1) is 14.2. The van der Waals surface area contributed by atoms with Crippen molar-refractivity contribution in [2.75, 3.05) is 43.1 Å². The number of nitrogens with one attached hydrogen (secondary N) is 1. The lowest BCUT2D eigenvalue weighted by Crippen LogP contribution is -2.36. The number of thiophene rings is 1. The van der Waals surface area contributed by atoms with Gasteiger partial charge in [0, 0.05) is 29.2 Å². The zero-order valence-electron chi connectivity index (χ0n) is 16.7. The Labute approximate surface area is 174 Å². The van der Waals surface area contributed by atoms with Crippen molar-refractivity contribution >= 4 is 33.9 Å². The minimum Gasteiger partial charge on any atom is -0.462 e. The summed E-state index contributed by atoms with van der Waals surface area (Å²) in [7, 11) is 0. The third-order valence-corrected chi connectivity index (χ3v) is 6.59. The maximum Gasteiger partial charge on any atom is 0.341 e. The summed E-state index contributed by atoms with van der Waals surface area (Å²) < 4.78 is 10.7. The molecule has 0 unspecified atom stereocenters. The first-order valence-electron chi connectivity index (χ1n) is 10.2. The molecule has 0 radical (unpaired) electrons. The Bertz CT molecular complexity index is 885. The molecule has 2 heterocycles. The highest BCUT2D eigenvalue weighted by molar-refractivity contribution is 7.17. The number of rotatable bonds is 5. The number of hydrogen-bond donors (Lipinski definition) is 1. The topological polar surface area (TPSA) is 67.9 Å². The van der Waals surface area contributed by atoms with E-state index in [1.165, 1.54) is 16.2 Å². The van der Waals surface area contributed by atoms with Crippen molar-refractivity contribution in [2.45, 2.75) is 32.6 Å². The van der Waals surface area contributed by atoms with Crippen LogP contribution in [-0.2, 0) is 22.3 Å². The summed E-state index contributed by atoms with van der Waals surface area (Å²) in [5.41, 5.74) is 3.26. The lowest BCUT2D eigenvalue weighted by molar-refractivity contribution is 0.0526. The maximum atomic E-state index is 12.9. The van der Waals surface area contributed by atoms with Crippen molar-refractivity contribution in [1.29, 1.82) is 0 Å². The fourth-order valence-electron chi connectivity index (χ4n) is 3.89. The number of benzene rings is 1. The SMILES string of the molecule is CCOC(=O)c1c(NC(=O)c2ccc(N3CCOCC3)cc2)sc2c1CCCC2. The Morgan fingerprint density at radius 3 is 2.59 bits per heavy atom. The second kappa shape index (κ2) is 8.97. The Morgan fingerprint density at radius 1 is 1.14 bits per heavy atom. The van der Waals surface area contributed by atoms with Crippen LogP contribution in [0.4, 0.5) is 10.7 Å². The van der Waals surface area contributed by atoms with Gasteiger partial charge in [-0.05, 0) is 62.4 Å². The second-order valence-corrected chi connectivity index (χ2v) is 8.34. The van der Waals surface area contributed by atoms with Gasteiger partial charge in [0.2, 0.25) is 0 Å². The Hall–Kier alpha value is -2.38. The Balaban J connectivity index is 1.53. The van der Waals surface area contributed by atoms with Crippen molar-refractivity contribution in [2.24, 2.45) is 0 Å². The quantitative estimate of drug-likeness (QED) is 0.752. The monoisotopic (exact) mass is 414 g/mol. The number of anilines is 2. The van der Waals surface area contributed by atoms with Gasteiger partial charge in [-0.1, -0.05) is 0 Å². The van der Waals surface area contributed by atoms with Crippen molar-refractivity contribution in [3.05, 3.63) is 45.8 Å². The molecular weight excluding hydrogens is 388 g/mol. The van der Waals surface area contributed by atoms with E-state index in [2.05, 4.69) is 10.2 Å². The molecule has 1 aliphatic heterocycles. The number of morpholine rings is 1. The van der Waals surface area contributed by atoms with E-state index in [-0.39, 0.29) is 11.9 Å². The molecule has 7 heteroatoms. The minimum absolute atomic E-state index is 0.206. The van der Waals surface area contributed by atoms with Crippen molar-refractivity contribution < 1.29 is 19.1 Å². The molecule has 1 amide bonds. The van der Waals surface area contributed by atoms with Crippen LogP contribution in [0.25, 0.3) is 0 Å². The molecule has 1 saturated heterocycles. The lowest BCUT2D eigenvalue weighted by Gasteiger charge is -2.28. The van der Waals surface area contributed by atoms with Crippen LogP contribution in [0, 0.1) is 0 Å². The first kappa shape index (κ1) is 19.9. The average Bonchev–Trinajstić information content (AvgIpc) is 3.12. The van der Waals surface area contributed by atoms with Gasteiger partial charge in [0.05, 0.1) is 25.4 Å². The van der Waals surface area contributed by atoms with Gasteiger partial charge in [-0.15, -0.1) is 11.3 Å². The van der Waals surface area contributed by atoms with Gasteiger partial charge in [0.15, 0.2) is 0 Å². The van der Waals surface area contributed by atoms with E-state index >= 15 is 0 Å². The smallest absolute Gasteiger partial charge is 0.341 e. The highest BCUT2D eigenvalue weighted by atomic mass is 32.1. The van der Waals surface area contributed by atoms with Gasteiger partial charge in [-0.25, -0.2) is 4.79 Å². The largest absolute Gasteiger partial charge is 0.462 e. The van der Waals surface area contributed by atoms with Crippen molar-refractivity contribution in [3.8, 4) is 0 Å². The fourth-order valence-corrected chi connectivity index (χ4v) is 5.17. The summed E-state index contributed by atoms with van der Waals surface area (Å²) >= 11 is 1.51. The number of hydrogen-bond acceptors (Lipinski definition) is 6. The van der Waals surface area contributed by atoms with Crippen LogP contribution in [0.5, 0.6) is 0 Å². The molecule has 1 aromatic carbocycles. The van der Waals surface area contributed by atoms with Gasteiger partial charge < -0.3 is 19.7 Å². The van der Waals surface area contributed by atoms with E-state index in [1.54, 1.807) is 6.92 Å². The Morgan fingerprint density at radius 2 is 1.86 bits per heavy atom. The molecule has 1 aliphatic carbocycles. The van der Waals surface area contributed by atoms with Crippen LogP contribution in [0.2, 0.25) is 0 Å². The number of amides is 1. The molecule has 2 aromatic rings. The van der Waals surface area contributed by atoms with Gasteiger partial charge in [-0.3, -0.25) is 4.79 Å². The van der Waals surface area contributed by atoms with E-state index in [9.17, 15) is 9.59 Å². The summed E-state index contributed by atoms with van der Waals surface area (Å²) in [4.78, 5) is 28.9. The van der Waals surface area contributed by atoms with Crippen LogP contribution in [0.3, 0.4) is 0 Å². The molecule has 6 nitrogen and oxygen atoms in total. The number of carbonyl (C=O) groups excluding carboxylic acids is 2. The number of nitrogens with zero attached hydrogens (tertiary/aromatic N) is 1. The third kappa shape index (κ3) is 4.31. The maximum absolute atomic E-state index is 12.9. The zero-order chi connectivity index (χ0) is 20.2. The number of aryl methyl sites for hydroxylation is 1. The fraction of sp³-hybridized carbons (Fsp3) is 0.455. The highest BCUT2D eigenvalue weighted by Crippen LogP contribution is 2.38. The molecule has 0 saturated carbocycles. The third-order valence-electron chi connectivity index (χ3n) is 5.38. The van der Waals surface area contributed by atoms with Crippen LogP contribution >= 0.6 is 11.3 Å². The number of esters is 1. The molecule has 1 N–H and O–H groups in total. The predicted molar refractivity (Wildman–Crippen MR) is 114 cm³/mol. The summed E-state index contributed by atoms with van der Waals surface area (Å²) in [5, 5.41) is 3.58. The number of carbonyl (C=O) groups is 2. The molecule has 29 heavy (non-hydrogen) atoms.